The molecule has 0 spiro atoms. The van der Waals surface area contributed by atoms with Gasteiger partial charge in [0, 0.05) is 4.47 Å². The Bertz CT molecular complexity index is 670. The van der Waals surface area contributed by atoms with Crippen LogP contribution in [0.5, 0.6) is 17.2 Å². The van der Waals surface area contributed by atoms with Crippen LogP contribution in [-0.4, -0.2) is 32.9 Å². The minimum absolute atomic E-state index is 0.156. The minimum Gasteiger partial charge on any atom is -0.493 e. The summed E-state index contributed by atoms with van der Waals surface area (Å²) in [5.74, 6) is 1.35. The summed E-state index contributed by atoms with van der Waals surface area (Å²) in [6.45, 7) is 2.20. The van der Waals surface area contributed by atoms with Gasteiger partial charge >= 0.3 is 5.97 Å². The molecule has 2 aromatic carbocycles. The number of rotatable bonds is 8. The van der Waals surface area contributed by atoms with E-state index in [1.165, 1.54) is 0 Å². The monoisotopic (exact) mass is 394 g/mol. The first-order valence-electron chi connectivity index (χ1n) is 7.40. The van der Waals surface area contributed by atoms with E-state index < -0.39 is 5.97 Å². The van der Waals surface area contributed by atoms with E-state index >= 15 is 0 Å². The van der Waals surface area contributed by atoms with Gasteiger partial charge in [0.05, 0.1) is 7.11 Å². The number of benzene rings is 2. The molecule has 128 valence electrons. The summed E-state index contributed by atoms with van der Waals surface area (Å²) in [5, 5.41) is 0. The van der Waals surface area contributed by atoms with E-state index in [2.05, 4.69) is 15.9 Å². The number of carbonyl (C=O) groups is 1. The first-order valence-corrected chi connectivity index (χ1v) is 8.19. The second kappa shape index (κ2) is 9.17. The average Bonchev–Trinajstić information content (AvgIpc) is 2.59. The van der Waals surface area contributed by atoms with Crippen LogP contribution < -0.4 is 14.2 Å². The normalized spacial score (nSPS) is 10.1. The summed E-state index contributed by atoms with van der Waals surface area (Å²) in [6.07, 6.45) is 0. The SMILES string of the molecule is COc1cc(C)ccc1OCC(=O)OCCOc1ccc(Br)cc1. The summed E-state index contributed by atoms with van der Waals surface area (Å²) in [4.78, 5) is 11.7. The topological polar surface area (TPSA) is 54.0 Å². The fourth-order valence-electron chi connectivity index (χ4n) is 1.92. The average molecular weight is 395 g/mol. The summed E-state index contributed by atoms with van der Waals surface area (Å²) in [7, 11) is 1.55. The second-order valence-corrected chi connectivity index (χ2v) is 5.88. The van der Waals surface area contributed by atoms with Crippen LogP contribution in [0.3, 0.4) is 0 Å². The standard InChI is InChI=1S/C18H19BrO5/c1-13-3-8-16(17(11-13)21-2)24-12-18(20)23-10-9-22-15-6-4-14(19)5-7-15/h3-8,11H,9-10,12H2,1-2H3. The third-order valence-electron chi connectivity index (χ3n) is 3.09. The van der Waals surface area contributed by atoms with Gasteiger partial charge in [-0.1, -0.05) is 22.0 Å². The van der Waals surface area contributed by atoms with Crippen LogP contribution in [0.1, 0.15) is 5.56 Å². The molecule has 24 heavy (non-hydrogen) atoms. The Labute approximate surface area is 149 Å². The molecule has 5 nitrogen and oxygen atoms in total. The summed E-state index contributed by atoms with van der Waals surface area (Å²) >= 11 is 3.35. The van der Waals surface area contributed by atoms with Gasteiger partial charge in [-0.3, -0.25) is 0 Å². The maximum absolute atomic E-state index is 11.7. The van der Waals surface area contributed by atoms with Crippen molar-refractivity contribution in [2.45, 2.75) is 6.92 Å². The van der Waals surface area contributed by atoms with E-state index in [1.54, 1.807) is 13.2 Å². The first-order chi connectivity index (χ1) is 11.6. The molecule has 2 aromatic rings. The molecule has 0 saturated carbocycles. The molecule has 0 N–H and O–H groups in total. The zero-order valence-corrected chi connectivity index (χ0v) is 15.2. The van der Waals surface area contributed by atoms with Crippen LogP contribution in [0.15, 0.2) is 46.9 Å². The van der Waals surface area contributed by atoms with Crippen LogP contribution in [0.25, 0.3) is 0 Å². The van der Waals surface area contributed by atoms with Crippen molar-refractivity contribution in [3.05, 3.63) is 52.5 Å². The Morgan fingerprint density at radius 3 is 2.46 bits per heavy atom. The molecule has 0 aromatic heterocycles. The number of aryl methyl sites for hydroxylation is 1. The van der Waals surface area contributed by atoms with Gasteiger partial charge in [0.2, 0.25) is 0 Å². The van der Waals surface area contributed by atoms with E-state index in [4.69, 9.17) is 18.9 Å². The van der Waals surface area contributed by atoms with Gasteiger partial charge in [-0.05, 0) is 48.9 Å². The van der Waals surface area contributed by atoms with Crippen molar-refractivity contribution >= 4 is 21.9 Å². The molecule has 0 fully saturated rings. The van der Waals surface area contributed by atoms with Crippen molar-refractivity contribution < 1.29 is 23.7 Å². The molecule has 0 heterocycles. The van der Waals surface area contributed by atoms with Crippen molar-refractivity contribution in [3.8, 4) is 17.2 Å². The predicted molar refractivity (Wildman–Crippen MR) is 93.8 cm³/mol. The lowest BCUT2D eigenvalue weighted by atomic mass is 10.2. The molecule has 6 heteroatoms. The Balaban J connectivity index is 1.69. The van der Waals surface area contributed by atoms with Gasteiger partial charge in [-0.25, -0.2) is 4.79 Å². The highest BCUT2D eigenvalue weighted by Crippen LogP contribution is 2.27. The molecular weight excluding hydrogens is 376 g/mol. The molecule has 0 amide bonds. The van der Waals surface area contributed by atoms with Crippen LogP contribution in [0.4, 0.5) is 0 Å². The quantitative estimate of drug-likeness (QED) is 0.503. The largest absolute Gasteiger partial charge is 0.493 e. The number of carbonyl (C=O) groups excluding carboxylic acids is 1. The zero-order chi connectivity index (χ0) is 17.4. The third kappa shape index (κ3) is 5.77. The maximum atomic E-state index is 11.7. The zero-order valence-electron chi connectivity index (χ0n) is 13.6. The molecule has 0 aliphatic carbocycles. The number of methoxy groups -OCH3 is 1. The van der Waals surface area contributed by atoms with Gasteiger partial charge in [0.15, 0.2) is 18.1 Å². The summed E-state index contributed by atoms with van der Waals surface area (Å²) in [6, 6.07) is 12.9. The highest BCUT2D eigenvalue weighted by atomic mass is 79.9. The Morgan fingerprint density at radius 2 is 1.75 bits per heavy atom. The molecule has 0 bridgehead atoms. The molecule has 2 rings (SSSR count). The van der Waals surface area contributed by atoms with Crippen molar-refractivity contribution in [2.24, 2.45) is 0 Å². The first kappa shape index (κ1) is 18.1. The van der Waals surface area contributed by atoms with Crippen molar-refractivity contribution in [2.75, 3.05) is 26.9 Å². The lowest BCUT2D eigenvalue weighted by Gasteiger charge is -2.11. The van der Waals surface area contributed by atoms with Gasteiger partial charge < -0.3 is 18.9 Å². The highest BCUT2D eigenvalue weighted by Gasteiger charge is 2.08. The van der Waals surface area contributed by atoms with Crippen molar-refractivity contribution in [3.63, 3.8) is 0 Å². The number of halogens is 1. The predicted octanol–water partition coefficient (Wildman–Crippen LogP) is 3.77. The Hall–Kier alpha value is -2.21. The number of ether oxygens (including phenoxy) is 4. The van der Waals surface area contributed by atoms with Gasteiger partial charge in [-0.2, -0.15) is 0 Å². The molecule has 0 aliphatic rings. The summed E-state index contributed by atoms with van der Waals surface area (Å²) < 4.78 is 22.2. The van der Waals surface area contributed by atoms with E-state index in [-0.39, 0.29) is 19.8 Å². The smallest absolute Gasteiger partial charge is 0.344 e. The maximum Gasteiger partial charge on any atom is 0.344 e. The molecule has 0 saturated heterocycles. The van der Waals surface area contributed by atoms with E-state index in [0.29, 0.717) is 11.5 Å². The fourth-order valence-corrected chi connectivity index (χ4v) is 2.18. The van der Waals surface area contributed by atoms with Crippen LogP contribution in [0, 0.1) is 6.92 Å². The minimum atomic E-state index is -0.461. The fraction of sp³-hybridized carbons (Fsp3) is 0.278. The van der Waals surface area contributed by atoms with Crippen LogP contribution in [0.2, 0.25) is 0 Å². The Morgan fingerprint density at radius 1 is 1.00 bits per heavy atom. The highest BCUT2D eigenvalue weighted by molar-refractivity contribution is 9.10. The van der Waals surface area contributed by atoms with Gasteiger partial charge in [0.1, 0.15) is 19.0 Å². The van der Waals surface area contributed by atoms with E-state index in [1.807, 2.05) is 43.3 Å². The third-order valence-corrected chi connectivity index (χ3v) is 3.62. The van der Waals surface area contributed by atoms with E-state index in [0.717, 1.165) is 15.8 Å². The molecule has 0 unspecified atom stereocenters. The lowest BCUT2D eigenvalue weighted by molar-refractivity contribution is -0.146. The van der Waals surface area contributed by atoms with E-state index in [9.17, 15) is 4.79 Å². The number of esters is 1. The van der Waals surface area contributed by atoms with Crippen molar-refractivity contribution in [1.82, 2.24) is 0 Å². The van der Waals surface area contributed by atoms with Gasteiger partial charge in [-0.15, -0.1) is 0 Å². The summed E-state index contributed by atoms with van der Waals surface area (Å²) in [5.41, 5.74) is 1.05. The Kier molecular flexibility index (Phi) is 6.93. The molecular formula is C18H19BrO5. The molecule has 0 aliphatic heterocycles. The molecule has 0 radical (unpaired) electrons. The van der Waals surface area contributed by atoms with Crippen LogP contribution >= 0.6 is 15.9 Å². The lowest BCUT2D eigenvalue weighted by Crippen LogP contribution is -2.18. The number of hydrogen-bond donors (Lipinski definition) is 0. The van der Waals surface area contributed by atoms with Crippen molar-refractivity contribution in [1.29, 1.82) is 0 Å². The van der Waals surface area contributed by atoms with Crippen LogP contribution in [-0.2, 0) is 9.53 Å². The molecule has 0 atom stereocenters. The number of hydrogen-bond acceptors (Lipinski definition) is 5. The second-order valence-electron chi connectivity index (χ2n) is 4.97. The van der Waals surface area contributed by atoms with Gasteiger partial charge in [0.25, 0.3) is 0 Å².